The van der Waals surface area contributed by atoms with Crippen molar-refractivity contribution in [1.82, 2.24) is 9.55 Å². The van der Waals surface area contributed by atoms with E-state index in [1.165, 1.54) is 19.2 Å². The molecule has 24 heavy (non-hydrogen) atoms. The van der Waals surface area contributed by atoms with Gasteiger partial charge in [-0.1, -0.05) is 0 Å². The van der Waals surface area contributed by atoms with E-state index in [0.717, 1.165) is 11.5 Å². The molecule has 0 aliphatic rings. The Labute approximate surface area is 140 Å². The third-order valence-electron chi connectivity index (χ3n) is 3.59. The van der Waals surface area contributed by atoms with Crippen molar-refractivity contribution in [2.45, 2.75) is 11.8 Å². The second-order valence-corrected chi connectivity index (χ2v) is 6.85. The maximum Gasteiger partial charge on any atom is 0.261 e. The number of ether oxygens (including phenoxy) is 1. The zero-order valence-corrected chi connectivity index (χ0v) is 14.1. The zero-order chi connectivity index (χ0) is 17.2. The molecule has 0 atom stereocenters. The topological polar surface area (TPSA) is 73.2 Å². The molecule has 7 heteroatoms. The van der Waals surface area contributed by atoms with Crippen LogP contribution in [0.4, 0.5) is 5.69 Å². The number of methoxy groups -OCH3 is 1. The van der Waals surface area contributed by atoms with Gasteiger partial charge in [0, 0.05) is 23.8 Å². The van der Waals surface area contributed by atoms with E-state index in [2.05, 4.69) is 9.71 Å². The summed E-state index contributed by atoms with van der Waals surface area (Å²) in [6.45, 7) is 1.90. The molecule has 0 aliphatic heterocycles. The van der Waals surface area contributed by atoms with Crippen LogP contribution in [-0.4, -0.2) is 25.1 Å². The average molecular weight is 343 g/mol. The first-order valence-electron chi connectivity index (χ1n) is 7.27. The number of nitrogens with zero attached hydrogens (tertiary/aromatic N) is 2. The van der Waals surface area contributed by atoms with Crippen LogP contribution in [0.3, 0.4) is 0 Å². The van der Waals surface area contributed by atoms with Crippen LogP contribution in [-0.2, 0) is 10.0 Å². The SMILES string of the molecule is COc1ccc(S(=O)(=O)Nc2ccc(-n3ccnc3C)cc2)cc1. The van der Waals surface area contributed by atoms with E-state index in [0.29, 0.717) is 11.4 Å². The van der Waals surface area contributed by atoms with Gasteiger partial charge in [0.2, 0.25) is 0 Å². The minimum absolute atomic E-state index is 0.179. The molecule has 0 spiro atoms. The number of aryl methyl sites for hydroxylation is 1. The van der Waals surface area contributed by atoms with E-state index in [9.17, 15) is 8.42 Å². The molecule has 0 saturated carbocycles. The van der Waals surface area contributed by atoms with Gasteiger partial charge in [-0.15, -0.1) is 0 Å². The van der Waals surface area contributed by atoms with E-state index in [4.69, 9.17) is 4.74 Å². The van der Waals surface area contributed by atoms with E-state index in [1.807, 2.05) is 29.8 Å². The third-order valence-corrected chi connectivity index (χ3v) is 4.99. The number of nitrogens with one attached hydrogen (secondary N) is 1. The molecular weight excluding hydrogens is 326 g/mol. The van der Waals surface area contributed by atoms with Crippen LogP contribution in [0.5, 0.6) is 5.75 Å². The molecule has 1 aromatic heterocycles. The number of hydrogen-bond acceptors (Lipinski definition) is 4. The summed E-state index contributed by atoms with van der Waals surface area (Å²) in [5.74, 6) is 1.47. The van der Waals surface area contributed by atoms with Crippen molar-refractivity contribution in [1.29, 1.82) is 0 Å². The lowest BCUT2D eigenvalue weighted by molar-refractivity contribution is 0.414. The van der Waals surface area contributed by atoms with E-state index >= 15 is 0 Å². The van der Waals surface area contributed by atoms with Crippen molar-refractivity contribution in [3.8, 4) is 11.4 Å². The van der Waals surface area contributed by atoms with Crippen molar-refractivity contribution in [3.05, 3.63) is 66.7 Å². The highest BCUT2D eigenvalue weighted by atomic mass is 32.2. The first kappa shape index (κ1) is 16.1. The van der Waals surface area contributed by atoms with Gasteiger partial charge in [-0.25, -0.2) is 13.4 Å². The van der Waals surface area contributed by atoms with Crippen molar-refractivity contribution in [2.75, 3.05) is 11.8 Å². The second kappa shape index (κ2) is 6.37. The summed E-state index contributed by atoms with van der Waals surface area (Å²) < 4.78 is 34.3. The van der Waals surface area contributed by atoms with Gasteiger partial charge < -0.3 is 9.30 Å². The Morgan fingerprint density at radius 2 is 1.71 bits per heavy atom. The van der Waals surface area contributed by atoms with Crippen LogP contribution in [0.2, 0.25) is 0 Å². The monoisotopic (exact) mass is 343 g/mol. The highest BCUT2D eigenvalue weighted by Gasteiger charge is 2.14. The molecule has 2 aromatic carbocycles. The molecule has 3 aromatic rings. The Morgan fingerprint density at radius 3 is 2.25 bits per heavy atom. The standard InChI is InChI=1S/C17H17N3O3S/c1-13-18-11-12-20(13)15-5-3-14(4-6-15)19-24(21,22)17-9-7-16(23-2)8-10-17/h3-12,19H,1-2H3. The number of imidazole rings is 1. The Hall–Kier alpha value is -2.80. The average Bonchev–Trinajstić information content (AvgIpc) is 3.01. The summed E-state index contributed by atoms with van der Waals surface area (Å²) in [5, 5.41) is 0. The van der Waals surface area contributed by atoms with E-state index in [1.54, 1.807) is 30.5 Å². The van der Waals surface area contributed by atoms with Crippen LogP contribution in [0.25, 0.3) is 5.69 Å². The zero-order valence-electron chi connectivity index (χ0n) is 13.3. The highest BCUT2D eigenvalue weighted by Crippen LogP contribution is 2.20. The maximum atomic E-state index is 12.4. The molecule has 0 aliphatic carbocycles. The van der Waals surface area contributed by atoms with Crippen LogP contribution in [0.1, 0.15) is 5.82 Å². The lowest BCUT2D eigenvalue weighted by Gasteiger charge is -2.10. The first-order valence-corrected chi connectivity index (χ1v) is 8.75. The lowest BCUT2D eigenvalue weighted by atomic mass is 10.3. The molecule has 0 fully saturated rings. The normalized spacial score (nSPS) is 11.2. The molecule has 6 nitrogen and oxygen atoms in total. The molecule has 0 amide bonds. The molecule has 0 unspecified atom stereocenters. The predicted molar refractivity (Wildman–Crippen MR) is 92.1 cm³/mol. The molecule has 3 rings (SSSR count). The summed E-state index contributed by atoms with van der Waals surface area (Å²) in [6.07, 6.45) is 3.57. The lowest BCUT2D eigenvalue weighted by Crippen LogP contribution is -2.12. The number of benzene rings is 2. The van der Waals surface area contributed by atoms with Crippen LogP contribution in [0, 0.1) is 6.92 Å². The summed E-state index contributed by atoms with van der Waals surface area (Å²) in [6, 6.07) is 13.3. The maximum absolute atomic E-state index is 12.4. The van der Waals surface area contributed by atoms with Crippen LogP contribution < -0.4 is 9.46 Å². The predicted octanol–water partition coefficient (Wildman–Crippen LogP) is 2.99. The summed E-state index contributed by atoms with van der Waals surface area (Å²) >= 11 is 0. The number of anilines is 1. The first-order chi connectivity index (χ1) is 11.5. The van der Waals surface area contributed by atoms with Gasteiger partial charge in [-0.05, 0) is 55.5 Å². The summed E-state index contributed by atoms with van der Waals surface area (Å²) in [5.41, 5.74) is 1.41. The molecule has 124 valence electrons. The van der Waals surface area contributed by atoms with E-state index < -0.39 is 10.0 Å². The largest absolute Gasteiger partial charge is 0.497 e. The minimum Gasteiger partial charge on any atom is -0.497 e. The van der Waals surface area contributed by atoms with Crippen LogP contribution in [0.15, 0.2) is 65.8 Å². The van der Waals surface area contributed by atoms with Gasteiger partial charge in [-0.3, -0.25) is 4.72 Å². The number of rotatable bonds is 5. The molecule has 1 N–H and O–H groups in total. The smallest absolute Gasteiger partial charge is 0.261 e. The molecule has 1 heterocycles. The second-order valence-electron chi connectivity index (χ2n) is 5.17. The third kappa shape index (κ3) is 3.26. The number of aromatic nitrogens is 2. The number of hydrogen-bond donors (Lipinski definition) is 1. The fraction of sp³-hybridized carbons (Fsp3) is 0.118. The van der Waals surface area contributed by atoms with Crippen LogP contribution >= 0.6 is 0 Å². The summed E-state index contributed by atoms with van der Waals surface area (Å²) in [7, 11) is -2.10. The van der Waals surface area contributed by atoms with Crippen molar-refractivity contribution in [2.24, 2.45) is 0 Å². The number of sulfonamides is 1. The van der Waals surface area contributed by atoms with Gasteiger partial charge in [0.15, 0.2) is 0 Å². The molecule has 0 radical (unpaired) electrons. The van der Waals surface area contributed by atoms with Gasteiger partial charge >= 0.3 is 0 Å². The van der Waals surface area contributed by atoms with Crippen molar-refractivity contribution < 1.29 is 13.2 Å². The fourth-order valence-corrected chi connectivity index (χ4v) is 3.37. The Morgan fingerprint density at radius 1 is 1.04 bits per heavy atom. The highest BCUT2D eigenvalue weighted by molar-refractivity contribution is 7.92. The minimum atomic E-state index is -3.64. The van der Waals surface area contributed by atoms with Crippen molar-refractivity contribution in [3.63, 3.8) is 0 Å². The Balaban J connectivity index is 1.81. The van der Waals surface area contributed by atoms with Gasteiger partial charge in [0.05, 0.1) is 12.0 Å². The summed E-state index contributed by atoms with van der Waals surface area (Å²) in [4.78, 5) is 4.35. The van der Waals surface area contributed by atoms with Gasteiger partial charge in [0.25, 0.3) is 10.0 Å². The van der Waals surface area contributed by atoms with E-state index in [-0.39, 0.29) is 4.90 Å². The van der Waals surface area contributed by atoms with Gasteiger partial charge in [0.1, 0.15) is 11.6 Å². The molecular formula is C17H17N3O3S. The van der Waals surface area contributed by atoms with Gasteiger partial charge in [-0.2, -0.15) is 0 Å². The molecule has 0 bridgehead atoms. The Bertz CT molecular complexity index is 930. The Kier molecular flexibility index (Phi) is 4.26. The van der Waals surface area contributed by atoms with Crippen molar-refractivity contribution >= 4 is 15.7 Å². The fourth-order valence-electron chi connectivity index (χ4n) is 2.31. The molecule has 0 saturated heterocycles. The quantitative estimate of drug-likeness (QED) is 0.773.